The third-order valence-corrected chi connectivity index (χ3v) is 6.34. The van der Waals surface area contributed by atoms with Gasteiger partial charge in [-0.05, 0) is 47.4 Å². The van der Waals surface area contributed by atoms with E-state index in [1.165, 1.54) is 6.33 Å². The van der Waals surface area contributed by atoms with Crippen molar-refractivity contribution < 1.29 is 10.2 Å². The number of nitrogens with one attached hydrogen (secondary N) is 2. The SMILES string of the molecule is OCCNc1cc(C2CC(C(O)c3ccc(Cl)cc3)=C(c3nnc[nH]3)S2)ccn1. The second kappa shape index (κ2) is 8.96. The first kappa shape index (κ1) is 19.9. The van der Waals surface area contributed by atoms with E-state index in [0.29, 0.717) is 29.6 Å². The van der Waals surface area contributed by atoms with Gasteiger partial charge in [0.05, 0.1) is 11.5 Å². The van der Waals surface area contributed by atoms with E-state index in [0.717, 1.165) is 21.6 Å². The van der Waals surface area contributed by atoms with E-state index >= 15 is 0 Å². The van der Waals surface area contributed by atoms with Gasteiger partial charge < -0.3 is 20.5 Å². The molecule has 1 aromatic carbocycles. The molecule has 0 bridgehead atoms. The molecule has 0 saturated carbocycles. The summed E-state index contributed by atoms with van der Waals surface area (Å²) in [6, 6.07) is 11.2. The average molecular weight is 430 g/mol. The summed E-state index contributed by atoms with van der Waals surface area (Å²) < 4.78 is 0. The van der Waals surface area contributed by atoms with Gasteiger partial charge in [-0.1, -0.05) is 23.7 Å². The lowest BCUT2D eigenvalue weighted by Gasteiger charge is -2.15. The van der Waals surface area contributed by atoms with Gasteiger partial charge in [-0.15, -0.1) is 22.0 Å². The molecule has 2 aromatic heterocycles. The Morgan fingerprint density at radius 2 is 2.10 bits per heavy atom. The van der Waals surface area contributed by atoms with Crippen molar-refractivity contribution in [1.82, 2.24) is 20.2 Å². The summed E-state index contributed by atoms with van der Waals surface area (Å²) in [7, 11) is 0. The number of anilines is 1. The highest BCUT2D eigenvalue weighted by Crippen LogP contribution is 2.54. The second-order valence-electron chi connectivity index (χ2n) is 6.58. The molecular formula is C20H20ClN5O2S. The van der Waals surface area contributed by atoms with Gasteiger partial charge in [-0.2, -0.15) is 0 Å². The number of aliphatic hydroxyl groups excluding tert-OH is 2. The first-order chi connectivity index (χ1) is 14.2. The van der Waals surface area contributed by atoms with E-state index in [1.807, 2.05) is 24.3 Å². The zero-order chi connectivity index (χ0) is 20.2. The molecule has 3 aromatic rings. The first-order valence-corrected chi connectivity index (χ1v) is 10.4. The Bertz CT molecular complexity index is 994. The van der Waals surface area contributed by atoms with Crippen LogP contribution >= 0.6 is 23.4 Å². The van der Waals surface area contributed by atoms with Crippen molar-refractivity contribution in [3.8, 4) is 0 Å². The number of hydrogen-bond donors (Lipinski definition) is 4. The van der Waals surface area contributed by atoms with Crippen LogP contribution < -0.4 is 5.32 Å². The lowest BCUT2D eigenvalue weighted by molar-refractivity contribution is 0.212. The molecule has 0 amide bonds. The Labute approximate surface area is 177 Å². The average Bonchev–Trinajstić information content (AvgIpc) is 3.42. The number of aliphatic hydroxyl groups is 2. The third-order valence-electron chi connectivity index (χ3n) is 4.68. The number of halogens is 1. The topological polar surface area (TPSA) is 107 Å². The predicted octanol–water partition coefficient (Wildman–Crippen LogP) is 3.58. The Morgan fingerprint density at radius 3 is 2.83 bits per heavy atom. The standard InChI is InChI=1S/C20H20ClN5O2S/c21-14-3-1-12(2-4-14)18(28)15-10-16(29-19(15)20-24-11-25-26-20)13-5-6-22-17(9-13)23-7-8-27/h1-6,9,11,16,18,27-28H,7-8,10H2,(H,22,23)(H,24,25,26). The maximum atomic E-state index is 11.1. The molecule has 0 radical (unpaired) electrons. The van der Waals surface area contributed by atoms with E-state index in [9.17, 15) is 5.11 Å². The molecule has 7 nitrogen and oxygen atoms in total. The van der Waals surface area contributed by atoms with Gasteiger partial charge >= 0.3 is 0 Å². The number of thioether (sulfide) groups is 1. The highest BCUT2D eigenvalue weighted by atomic mass is 35.5. The smallest absolute Gasteiger partial charge is 0.167 e. The Morgan fingerprint density at radius 1 is 1.28 bits per heavy atom. The molecule has 4 N–H and O–H groups in total. The second-order valence-corrected chi connectivity index (χ2v) is 8.23. The van der Waals surface area contributed by atoms with Crippen molar-refractivity contribution in [3.05, 3.63) is 76.5 Å². The summed E-state index contributed by atoms with van der Waals surface area (Å²) in [5.41, 5.74) is 2.75. The van der Waals surface area contributed by atoms with Crippen molar-refractivity contribution in [1.29, 1.82) is 0 Å². The molecule has 29 heavy (non-hydrogen) atoms. The molecule has 1 aliphatic heterocycles. The van der Waals surface area contributed by atoms with E-state index in [-0.39, 0.29) is 11.9 Å². The van der Waals surface area contributed by atoms with Crippen molar-refractivity contribution in [3.63, 3.8) is 0 Å². The van der Waals surface area contributed by atoms with Gasteiger partial charge in [0.1, 0.15) is 18.2 Å². The lowest BCUT2D eigenvalue weighted by atomic mass is 9.95. The summed E-state index contributed by atoms with van der Waals surface area (Å²) >= 11 is 7.63. The molecule has 150 valence electrons. The molecule has 0 aliphatic carbocycles. The van der Waals surface area contributed by atoms with Gasteiger partial charge in [0, 0.05) is 23.0 Å². The number of pyridine rings is 1. The van der Waals surface area contributed by atoms with Gasteiger partial charge in [0.2, 0.25) is 0 Å². The zero-order valence-corrected chi connectivity index (χ0v) is 17.0. The number of nitrogens with zero attached hydrogens (tertiary/aromatic N) is 3. The molecule has 0 spiro atoms. The third kappa shape index (κ3) is 4.45. The van der Waals surface area contributed by atoms with Crippen molar-refractivity contribution in [2.75, 3.05) is 18.5 Å². The zero-order valence-electron chi connectivity index (χ0n) is 15.4. The van der Waals surface area contributed by atoms with Crippen LogP contribution in [0.3, 0.4) is 0 Å². The maximum absolute atomic E-state index is 11.1. The molecule has 4 rings (SSSR count). The summed E-state index contributed by atoms with van der Waals surface area (Å²) in [4.78, 5) is 8.24. The summed E-state index contributed by atoms with van der Waals surface area (Å²) in [5, 5.41) is 32.0. The minimum absolute atomic E-state index is 0.0404. The number of hydrogen-bond acceptors (Lipinski definition) is 7. The van der Waals surface area contributed by atoms with Crippen molar-refractivity contribution in [2.45, 2.75) is 17.8 Å². The normalized spacial score (nSPS) is 17.6. The number of H-pyrrole nitrogens is 1. The minimum Gasteiger partial charge on any atom is -0.395 e. The molecule has 0 fully saturated rings. The van der Waals surface area contributed by atoms with Crippen LogP contribution in [0.5, 0.6) is 0 Å². The quantitative estimate of drug-likeness (QED) is 0.454. The van der Waals surface area contributed by atoms with E-state index in [4.69, 9.17) is 16.7 Å². The molecule has 2 unspecified atom stereocenters. The number of benzene rings is 1. The summed E-state index contributed by atoms with van der Waals surface area (Å²) in [6.07, 6.45) is 3.18. The molecular weight excluding hydrogens is 410 g/mol. The predicted molar refractivity (Wildman–Crippen MR) is 114 cm³/mol. The fourth-order valence-electron chi connectivity index (χ4n) is 3.27. The highest BCUT2D eigenvalue weighted by molar-refractivity contribution is 8.08. The van der Waals surface area contributed by atoms with Crippen LogP contribution in [0.15, 0.2) is 54.5 Å². The van der Waals surface area contributed by atoms with E-state index < -0.39 is 6.10 Å². The molecule has 1 aliphatic rings. The summed E-state index contributed by atoms with van der Waals surface area (Å²) in [6.45, 7) is 0.481. The number of rotatable bonds is 7. The van der Waals surface area contributed by atoms with E-state index in [2.05, 4.69) is 25.5 Å². The lowest BCUT2D eigenvalue weighted by Crippen LogP contribution is -2.07. The van der Waals surface area contributed by atoms with Crippen LogP contribution in [0.1, 0.15) is 34.7 Å². The number of aromatic amines is 1. The Kier molecular flexibility index (Phi) is 6.15. The Hall–Kier alpha value is -2.39. The van der Waals surface area contributed by atoms with Crippen LogP contribution in [0.2, 0.25) is 5.02 Å². The largest absolute Gasteiger partial charge is 0.395 e. The van der Waals surface area contributed by atoms with Crippen molar-refractivity contribution >= 4 is 34.1 Å². The van der Waals surface area contributed by atoms with Crippen LogP contribution in [-0.2, 0) is 0 Å². The highest BCUT2D eigenvalue weighted by Gasteiger charge is 2.33. The minimum atomic E-state index is -0.765. The molecule has 3 heterocycles. The van der Waals surface area contributed by atoms with Gasteiger partial charge in [0.25, 0.3) is 0 Å². The van der Waals surface area contributed by atoms with Gasteiger partial charge in [-0.3, -0.25) is 0 Å². The molecule has 0 saturated heterocycles. The Balaban J connectivity index is 1.63. The summed E-state index contributed by atoms with van der Waals surface area (Å²) in [5.74, 6) is 1.36. The van der Waals surface area contributed by atoms with Crippen LogP contribution in [0.4, 0.5) is 5.82 Å². The fraction of sp³-hybridized carbons (Fsp3) is 0.250. The van der Waals surface area contributed by atoms with E-state index in [1.54, 1.807) is 30.1 Å². The monoisotopic (exact) mass is 429 g/mol. The van der Waals surface area contributed by atoms with Crippen molar-refractivity contribution in [2.24, 2.45) is 0 Å². The molecule has 2 atom stereocenters. The van der Waals surface area contributed by atoms with Gasteiger partial charge in [-0.25, -0.2) is 4.98 Å². The van der Waals surface area contributed by atoms with Crippen LogP contribution in [-0.4, -0.2) is 43.5 Å². The number of aromatic nitrogens is 4. The van der Waals surface area contributed by atoms with Crippen LogP contribution in [0, 0.1) is 0 Å². The first-order valence-electron chi connectivity index (χ1n) is 9.16. The van der Waals surface area contributed by atoms with Crippen LogP contribution in [0.25, 0.3) is 4.91 Å². The van der Waals surface area contributed by atoms with Gasteiger partial charge in [0.15, 0.2) is 5.82 Å². The fourth-order valence-corrected chi connectivity index (χ4v) is 4.79. The maximum Gasteiger partial charge on any atom is 0.167 e. The molecule has 9 heteroatoms.